The molecule has 5 rings (SSSR count). The minimum Gasteiger partial charge on any atom is -0.490 e. The van der Waals surface area contributed by atoms with Crippen molar-refractivity contribution >= 4 is 28.0 Å². The Bertz CT molecular complexity index is 1960. The van der Waals surface area contributed by atoms with E-state index in [4.69, 9.17) is 33.7 Å². The predicted molar refractivity (Wildman–Crippen MR) is 228 cm³/mol. The number of rotatable bonds is 18. The van der Waals surface area contributed by atoms with Gasteiger partial charge in [0.15, 0.2) is 14.1 Å². The highest BCUT2D eigenvalue weighted by Gasteiger charge is 2.37. The number of hydrogen-bond acceptors (Lipinski definition) is 11. The normalized spacial score (nSPS) is 15.3. The van der Waals surface area contributed by atoms with Crippen molar-refractivity contribution in [3.63, 3.8) is 0 Å². The predicted octanol–water partition coefficient (Wildman–Crippen LogP) is 7.80. The Labute approximate surface area is 335 Å². The van der Waals surface area contributed by atoms with Gasteiger partial charge in [0, 0.05) is 71.2 Å². The third-order valence-electron chi connectivity index (χ3n) is 10.9. The van der Waals surface area contributed by atoms with Gasteiger partial charge in [-0.2, -0.15) is 0 Å². The first-order valence-corrected chi connectivity index (χ1v) is 26.6. The Morgan fingerprint density at radius 3 is 2.39 bits per heavy atom. The first-order valence-electron chi connectivity index (χ1n) is 20.0. The second kappa shape index (κ2) is 18.2. The number of likely N-dealkylation sites (tertiary alicyclic amines) is 1. The quantitative estimate of drug-likeness (QED) is 0.0780. The van der Waals surface area contributed by atoms with Crippen molar-refractivity contribution in [2.75, 3.05) is 45.3 Å². The molecule has 1 aliphatic rings. The van der Waals surface area contributed by atoms with E-state index in [1.165, 1.54) is 4.68 Å². The SMILES string of the molecule is CCOc1nn(C2CCN(C)CC2)cc1-c1cnc(Nc2ccnc(-c3cn(COCC[Si](C)(C)C)n(C)c3=O)n2)cc1O[C@@H](C)CCO[Si](C)(C)C(C)(C)C. The highest BCUT2D eigenvalue weighted by molar-refractivity contribution is 6.76. The van der Waals surface area contributed by atoms with Crippen molar-refractivity contribution in [2.24, 2.45) is 7.05 Å². The van der Waals surface area contributed by atoms with Crippen LogP contribution in [0.1, 0.15) is 59.9 Å². The number of nitrogens with zero attached hydrogens (tertiary/aromatic N) is 8. The van der Waals surface area contributed by atoms with E-state index in [-0.39, 0.29) is 29.5 Å². The van der Waals surface area contributed by atoms with Gasteiger partial charge in [-0.1, -0.05) is 40.4 Å². The fourth-order valence-corrected chi connectivity index (χ4v) is 7.93. The molecule has 308 valence electrons. The fourth-order valence-electron chi connectivity index (χ4n) is 6.11. The Morgan fingerprint density at radius 2 is 1.71 bits per heavy atom. The average molecular weight is 808 g/mol. The molecule has 16 heteroatoms. The summed E-state index contributed by atoms with van der Waals surface area (Å²) in [7, 11) is 0.743. The van der Waals surface area contributed by atoms with Gasteiger partial charge in [0.25, 0.3) is 5.56 Å². The Kier molecular flexibility index (Phi) is 14.1. The van der Waals surface area contributed by atoms with Crippen molar-refractivity contribution in [2.45, 2.75) is 117 Å². The van der Waals surface area contributed by atoms with Crippen LogP contribution >= 0.6 is 0 Å². The molecule has 0 aliphatic carbocycles. The zero-order chi connectivity index (χ0) is 40.8. The maximum atomic E-state index is 13.3. The van der Waals surface area contributed by atoms with Crippen LogP contribution in [0.25, 0.3) is 22.5 Å². The average Bonchev–Trinajstić information content (AvgIpc) is 3.66. The van der Waals surface area contributed by atoms with Gasteiger partial charge >= 0.3 is 0 Å². The van der Waals surface area contributed by atoms with Crippen LogP contribution < -0.4 is 20.3 Å². The monoisotopic (exact) mass is 807 g/mol. The van der Waals surface area contributed by atoms with Crippen LogP contribution in [0.5, 0.6) is 11.6 Å². The van der Waals surface area contributed by atoms with E-state index >= 15 is 0 Å². The van der Waals surface area contributed by atoms with Crippen LogP contribution in [0.15, 0.2) is 41.7 Å². The van der Waals surface area contributed by atoms with Crippen molar-refractivity contribution in [1.82, 2.24) is 39.0 Å². The number of nitrogens with one attached hydrogen (secondary N) is 1. The van der Waals surface area contributed by atoms with E-state index in [0.717, 1.165) is 49.5 Å². The molecule has 0 unspecified atom stereocenters. The van der Waals surface area contributed by atoms with E-state index in [1.807, 2.05) is 13.0 Å². The van der Waals surface area contributed by atoms with E-state index in [9.17, 15) is 4.79 Å². The molecule has 14 nitrogen and oxygen atoms in total. The van der Waals surface area contributed by atoms with Crippen molar-refractivity contribution in [3.8, 4) is 34.1 Å². The second-order valence-electron chi connectivity index (χ2n) is 17.7. The molecule has 0 bridgehead atoms. The zero-order valence-electron chi connectivity index (χ0n) is 35.8. The largest absolute Gasteiger partial charge is 0.490 e. The third-order valence-corrected chi connectivity index (χ3v) is 17.1. The summed E-state index contributed by atoms with van der Waals surface area (Å²) >= 11 is 0. The van der Waals surface area contributed by atoms with Gasteiger partial charge in [0.1, 0.15) is 29.7 Å². The maximum Gasteiger partial charge on any atom is 0.277 e. The van der Waals surface area contributed by atoms with Gasteiger partial charge in [-0.3, -0.25) is 18.8 Å². The van der Waals surface area contributed by atoms with E-state index in [2.05, 4.69) is 93.6 Å². The summed E-state index contributed by atoms with van der Waals surface area (Å²) in [6.45, 7) is 26.3. The molecule has 1 fully saturated rings. The topological polar surface area (TPSA) is 136 Å². The van der Waals surface area contributed by atoms with Crippen LogP contribution in [0.4, 0.5) is 11.6 Å². The van der Waals surface area contributed by atoms with Gasteiger partial charge in [0.05, 0.1) is 24.3 Å². The van der Waals surface area contributed by atoms with E-state index in [1.54, 1.807) is 36.4 Å². The number of aromatic nitrogens is 7. The van der Waals surface area contributed by atoms with E-state index < -0.39 is 16.4 Å². The smallest absolute Gasteiger partial charge is 0.277 e. The fraction of sp³-hybridized carbons (Fsp3) is 0.625. The molecule has 4 aromatic heterocycles. The molecule has 1 atom stereocenters. The van der Waals surface area contributed by atoms with E-state index in [0.29, 0.717) is 54.5 Å². The summed E-state index contributed by atoms with van der Waals surface area (Å²) in [5.74, 6) is 2.52. The van der Waals surface area contributed by atoms with Gasteiger partial charge in [0.2, 0.25) is 5.88 Å². The zero-order valence-corrected chi connectivity index (χ0v) is 37.8. The Balaban J connectivity index is 1.41. The summed E-state index contributed by atoms with van der Waals surface area (Å²) in [5.41, 5.74) is 1.80. The molecule has 56 heavy (non-hydrogen) atoms. The number of anilines is 2. The lowest BCUT2D eigenvalue weighted by Gasteiger charge is -2.36. The highest BCUT2D eigenvalue weighted by atomic mass is 28.4. The van der Waals surface area contributed by atoms with Crippen LogP contribution in [-0.4, -0.2) is 101 Å². The van der Waals surface area contributed by atoms with Crippen LogP contribution in [-0.2, 0) is 22.9 Å². The third kappa shape index (κ3) is 11.2. The number of hydrogen-bond donors (Lipinski definition) is 1. The molecule has 0 radical (unpaired) electrons. The van der Waals surface area contributed by atoms with Gasteiger partial charge < -0.3 is 28.9 Å². The molecule has 1 aliphatic heterocycles. The Hall–Kier alpha value is -3.84. The number of pyridine rings is 1. The van der Waals surface area contributed by atoms with Crippen LogP contribution in [0.2, 0.25) is 43.8 Å². The summed E-state index contributed by atoms with van der Waals surface area (Å²) < 4.78 is 30.6. The van der Waals surface area contributed by atoms with Gasteiger partial charge in [-0.15, -0.1) is 5.10 Å². The highest BCUT2D eigenvalue weighted by Crippen LogP contribution is 2.40. The number of piperidine rings is 1. The lowest BCUT2D eigenvalue weighted by Crippen LogP contribution is -2.41. The molecular formula is C40H65N9O5Si2. The lowest BCUT2D eigenvalue weighted by molar-refractivity contribution is 0.0703. The Morgan fingerprint density at radius 1 is 0.982 bits per heavy atom. The second-order valence-corrected chi connectivity index (χ2v) is 28.2. The van der Waals surface area contributed by atoms with Crippen LogP contribution in [0.3, 0.4) is 0 Å². The standard InChI is InChI=1S/C40H65N9O5Si2/c1-13-52-38-32(27-49(45-38)30-15-19-46(6)20-16-30)31-25-42-36(24-34(31)54-29(2)17-21-53-56(11,12)40(3,4)5)43-35-14-18-41-37(44-35)33-26-48(47(7)39(33)50)28-51-22-23-55(8,9)10/h14,18,24-27,29-30H,13,15-17,19-23,28H2,1-12H3,(H,41,42,43,44)/t29-/m0/s1. The molecule has 0 saturated carbocycles. The first-order chi connectivity index (χ1) is 26.3. The van der Waals surface area contributed by atoms with Crippen molar-refractivity contribution in [3.05, 3.63) is 47.3 Å². The molecule has 4 aromatic rings. The molecular weight excluding hydrogens is 743 g/mol. The maximum absolute atomic E-state index is 13.3. The van der Waals surface area contributed by atoms with Gasteiger partial charge in [-0.25, -0.2) is 15.0 Å². The first kappa shape index (κ1) is 43.3. The molecule has 1 saturated heterocycles. The van der Waals surface area contributed by atoms with Crippen molar-refractivity contribution < 1.29 is 18.6 Å². The minimum absolute atomic E-state index is 0.124. The summed E-state index contributed by atoms with van der Waals surface area (Å²) in [6.07, 6.45) is 9.85. The van der Waals surface area contributed by atoms with Crippen molar-refractivity contribution in [1.29, 1.82) is 0 Å². The lowest BCUT2D eigenvalue weighted by atomic mass is 10.1. The summed E-state index contributed by atoms with van der Waals surface area (Å²) in [4.78, 5) is 29.6. The summed E-state index contributed by atoms with van der Waals surface area (Å²) in [5, 5.41) is 8.38. The molecule has 1 N–H and O–H groups in total. The molecule has 0 amide bonds. The molecule has 5 heterocycles. The molecule has 0 spiro atoms. The summed E-state index contributed by atoms with van der Waals surface area (Å²) in [6, 6.07) is 4.97. The molecule has 0 aromatic carbocycles. The minimum atomic E-state index is -1.91. The van der Waals surface area contributed by atoms with Gasteiger partial charge in [-0.05, 0) is 77.1 Å². The number of ether oxygens (including phenoxy) is 3. The van der Waals surface area contributed by atoms with Crippen LogP contribution in [0, 0.1) is 0 Å².